The molecule has 0 bridgehead atoms. The molecule has 0 saturated heterocycles. The van der Waals surface area contributed by atoms with Crippen LogP contribution in [0.2, 0.25) is 5.15 Å². The normalized spacial score (nSPS) is 15.9. The zero-order chi connectivity index (χ0) is 28.6. The van der Waals surface area contributed by atoms with E-state index < -0.39 is 50.5 Å². The number of amides is 3. The van der Waals surface area contributed by atoms with Crippen LogP contribution in [-0.4, -0.2) is 63.1 Å². The SMILES string of the molecule is CC(C)(C)C(=O)Nc1ccc(Cl)nc1COC(=O)N1CC2=C(C1)CN(C(=O)c1cc(F)c(S(N)=O)cc1F)C2. The molecule has 0 radical (unpaired) electrons. The first-order valence-corrected chi connectivity index (χ1v) is 13.4. The van der Waals surface area contributed by atoms with Gasteiger partial charge in [0.2, 0.25) is 5.91 Å². The Morgan fingerprint density at radius 3 is 2.28 bits per heavy atom. The van der Waals surface area contributed by atoms with Crippen LogP contribution in [0.3, 0.4) is 0 Å². The summed E-state index contributed by atoms with van der Waals surface area (Å²) in [6, 6.07) is 4.44. The minimum Gasteiger partial charge on any atom is -0.443 e. The Morgan fingerprint density at radius 2 is 1.69 bits per heavy atom. The summed E-state index contributed by atoms with van der Waals surface area (Å²) < 4.78 is 45.3. The summed E-state index contributed by atoms with van der Waals surface area (Å²) in [5.41, 5.74) is 1.09. The first-order chi connectivity index (χ1) is 18.2. The monoisotopic (exact) mass is 581 g/mol. The lowest BCUT2D eigenvalue weighted by Crippen LogP contribution is -2.37. The van der Waals surface area contributed by atoms with Crippen LogP contribution in [0.4, 0.5) is 19.3 Å². The van der Waals surface area contributed by atoms with Gasteiger partial charge in [-0.15, -0.1) is 0 Å². The van der Waals surface area contributed by atoms with E-state index in [9.17, 15) is 27.4 Å². The highest BCUT2D eigenvalue weighted by Gasteiger charge is 2.36. The van der Waals surface area contributed by atoms with Gasteiger partial charge in [0.15, 0.2) is 0 Å². The Bertz CT molecular complexity index is 1410. The molecule has 0 fully saturated rings. The molecule has 10 nitrogen and oxygen atoms in total. The Kier molecular flexibility index (Phi) is 8.05. The molecule has 0 saturated carbocycles. The second-order valence-corrected chi connectivity index (χ2v) is 11.6. The Balaban J connectivity index is 1.35. The summed E-state index contributed by atoms with van der Waals surface area (Å²) in [4.78, 5) is 44.4. The van der Waals surface area contributed by atoms with E-state index in [2.05, 4.69) is 10.3 Å². The first kappa shape index (κ1) is 28.6. The highest BCUT2D eigenvalue weighted by molar-refractivity contribution is 7.82. The lowest BCUT2D eigenvalue weighted by atomic mass is 9.95. The number of hydrogen-bond acceptors (Lipinski definition) is 6. The van der Waals surface area contributed by atoms with Gasteiger partial charge in [-0.25, -0.2) is 27.9 Å². The van der Waals surface area contributed by atoms with E-state index in [0.29, 0.717) is 17.8 Å². The Hall–Kier alpha value is -3.42. The van der Waals surface area contributed by atoms with Gasteiger partial charge in [0.1, 0.15) is 40.1 Å². The van der Waals surface area contributed by atoms with Gasteiger partial charge >= 0.3 is 6.09 Å². The zero-order valence-electron chi connectivity index (χ0n) is 21.3. The molecule has 1 aromatic heterocycles. The number of nitrogens with one attached hydrogen (secondary N) is 1. The van der Waals surface area contributed by atoms with Gasteiger partial charge < -0.3 is 19.9 Å². The molecule has 1 aromatic carbocycles. The van der Waals surface area contributed by atoms with Gasteiger partial charge in [-0.1, -0.05) is 32.4 Å². The maximum atomic E-state index is 14.4. The average Bonchev–Trinajstić information content (AvgIpc) is 3.43. The van der Waals surface area contributed by atoms with Gasteiger partial charge in [-0.3, -0.25) is 9.59 Å². The van der Waals surface area contributed by atoms with E-state index >= 15 is 0 Å². The summed E-state index contributed by atoms with van der Waals surface area (Å²) >= 11 is 6.00. The smallest absolute Gasteiger partial charge is 0.410 e. The quantitative estimate of drug-likeness (QED) is 0.410. The fourth-order valence-electron chi connectivity index (χ4n) is 4.10. The molecular formula is C25H26ClF2N5O5S. The number of rotatable bonds is 5. The number of benzene rings is 1. The summed E-state index contributed by atoms with van der Waals surface area (Å²) in [5.74, 6) is -3.04. The highest BCUT2D eigenvalue weighted by atomic mass is 35.5. The van der Waals surface area contributed by atoms with Gasteiger partial charge in [-0.2, -0.15) is 0 Å². The van der Waals surface area contributed by atoms with Crippen molar-refractivity contribution in [3.63, 3.8) is 0 Å². The van der Waals surface area contributed by atoms with E-state index in [1.165, 1.54) is 15.9 Å². The van der Waals surface area contributed by atoms with Crippen molar-refractivity contribution in [2.24, 2.45) is 10.6 Å². The van der Waals surface area contributed by atoms with Crippen molar-refractivity contribution < 1.29 is 32.1 Å². The van der Waals surface area contributed by atoms with Crippen molar-refractivity contribution in [1.29, 1.82) is 0 Å². The topological polar surface area (TPSA) is 135 Å². The number of hydrogen-bond donors (Lipinski definition) is 2. The molecule has 3 heterocycles. The lowest BCUT2D eigenvalue weighted by Gasteiger charge is -2.23. The van der Waals surface area contributed by atoms with E-state index in [0.717, 1.165) is 11.1 Å². The second kappa shape index (κ2) is 11.0. The van der Waals surface area contributed by atoms with Crippen LogP contribution >= 0.6 is 11.6 Å². The summed E-state index contributed by atoms with van der Waals surface area (Å²) in [5, 5.41) is 8.07. The predicted octanol–water partition coefficient (Wildman–Crippen LogP) is 3.38. The number of aromatic nitrogens is 1. The van der Waals surface area contributed by atoms with Gasteiger partial charge in [0, 0.05) is 31.6 Å². The van der Waals surface area contributed by atoms with E-state index in [1.807, 2.05) is 0 Å². The number of halogens is 3. The molecular weight excluding hydrogens is 556 g/mol. The van der Waals surface area contributed by atoms with Crippen molar-refractivity contribution in [2.75, 3.05) is 31.5 Å². The molecule has 0 aliphatic carbocycles. The molecule has 2 aliphatic heterocycles. The van der Waals surface area contributed by atoms with Crippen LogP contribution in [0.1, 0.15) is 36.8 Å². The molecule has 3 N–H and O–H groups in total. The Morgan fingerprint density at radius 1 is 1.08 bits per heavy atom. The first-order valence-electron chi connectivity index (χ1n) is 11.8. The van der Waals surface area contributed by atoms with Gasteiger partial charge in [0.05, 0.1) is 16.1 Å². The molecule has 0 spiro atoms. The molecule has 2 aliphatic rings. The van der Waals surface area contributed by atoms with Crippen molar-refractivity contribution in [3.05, 3.63) is 63.5 Å². The van der Waals surface area contributed by atoms with Crippen LogP contribution in [0.15, 0.2) is 40.3 Å². The zero-order valence-corrected chi connectivity index (χ0v) is 22.9. The van der Waals surface area contributed by atoms with Crippen LogP contribution in [0, 0.1) is 17.0 Å². The summed E-state index contributed by atoms with van der Waals surface area (Å²) in [6.07, 6.45) is -0.629. The number of anilines is 1. The number of pyridine rings is 1. The molecule has 208 valence electrons. The molecule has 3 amide bonds. The van der Waals surface area contributed by atoms with Crippen molar-refractivity contribution >= 4 is 46.2 Å². The van der Waals surface area contributed by atoms with E-state index in [4.69, 9.17) is 21.5 Å². The van der Waals surface area contributed by atoms with Gasteiger partial charge in [-0.05, 0) is 35.4 Å². The molecule has 14 heteroatoms. The van der Waals surface area contributed by atoms with Crippen LogP contribution in [0.5, 0.6) is 0 Å². The fourth-order valence-corrected chi connectivity index (χ4v) is 4.74. The molecule has 4 rings (SSSR count). The molecule has 1 atom stereocenters. The average molecular weight is 582 g/mol. The number of nitrogens with two attached hydrogens (primary N) is 1. The molecule has 2 aromatic rings. The van der Waals surface area contributed by atoms with Crippen LogP contribution in [0.25, 0.3) is 0 Å². The maximum Gasteiger partial charge on any atom is 0.410 e. The number of nitrogens with zero attached hydrogens (tertiary/aromatic N) is 3. The Labute approximate surface area is 230 Å². The molecule has 1 unspecified atom stereocenters. The van der Waals surface area contributed by atoms with Crippen molar-refractivity contribution in [2.45, 2.75) is 32.3 Å². The third-order valence-corrected chi connectivity index (χ3v) is 7.20. The van der Waals surface area contributed by atoms with Gasteiger partial charge in [0.25, 0.3) is 5.91 Å². The number of ether oxygens (including phenoxy) is 1. The molecule has 39 heavy (non-hydrogen) atoms. The fraction of sp³-hybridized carbons (Fsp3) is 0.360. The third-order valence-electron chi connectivity index (χ3n) is 6.24. The van der Waals surface area contributed by atoms with Crippen molar-refractivity contribution in [1.82, 2.24) is 14.8 Å². The van der Waals surface area contributed by atoms with Crippen molar-refractivity contribution in [3.8, 4) is 0 Å². The van der Waals surface area contributed by atoms with Crippen LogP contribution < -0.4 is 10.5 Å². The highest BCUT2D eigenvalue weighted by Crippen LogP contribution is 2.29. The standard InChI is InChI=1S/C25H26ClF2N5O5S/c1-25(2,3)23(35)31-18-4-5-21(26)30-19(18)12-38-24(36)33-10-13-8-32(9-14(13)11-33)22(34)15-6-17(28)20(39(29)37)7-16(15)27/h4-7H,8-12,29H2,1-3H3,(H,31,35). The number of carbonyl (C=O) groups is 3. The van der Waals surface area contributed by atoms with Crippen LogP contribution in [-0.2, 0) is 27.1 Å². The van der Waals surface area contributed by atoms with E-state index in [1.54, 1.807) is 26.8 Å². The predicted molar refractivity (Wildman–Crippen MR) is 139 cm³/mol. The maximum absolute atomic E-state index is 14.4. The minimum atomic E-state index is -2.24. The summed E-state index contributed by atoms with van der Waals surface area (Å²) in [6.45, 7) is 5.68. The largest absolute Gasteiger partial charge is 0.443 e. The van der Waals surface area contributed by atoms with E-state index in [-0.39, 0.29) is 49.5 Å². The number of carbonyl (C=O) groups excluding carboxylic acids is 3. The third kappa shape index (κ3) is 6.26. The summed E-state index contributed by atoms with van der Waals surface area (Å²) in [7, 11) is -2.24. The lowest BCUT2D eigenvalue weighted by molar-refractivity contribution is -0.123. The second-order valence-electron chi connectivity index (χ2n) is 10.2. The minimum absolute atomic E-state index is 0.127.